The van der Waals surface area contributed by atoms with Crippen LogP contribution in [0, 0.1) is 17.8 Å². The minimum atomic E-state index is -0.0986. The monoisotopic (exact) mass is 315 g/mol. The maximum atomic E-state index is 12.4. The molecule has 3 aliphatic rings. The molecule has 1 aromatic carbocycles. The highest BCUT2D eigenvalue weighted by atomic mass is 16.7. The first-order valence-corrected chi connectivity index (χ1v) is 8.34. The average Bonchev–Trinajstić information content (AvgIpc) is 3.21. The van der Waals surface area contributed by atoms with E-state index >= 15 is 0 Å². The zero-order chi connectivity index (χ0) is 16.0. The van der Waals surface area contributed by atoms with Crippen molar-refractivity contribution in [2.45, 2.75) is 39.0 Å². The lowest BCUT2D eigenvalue weighted by molar-refractivity contribution is -0.117. The van der Waals surface area contributed by atoms with Crippen LogP contribution in [0.4, 0.5) is 5.69 Å². The fourth-order valence-corrected chi connectivity index (χ4v) is 4.40. The molecule has 0 radical (unpaired) electrons. The average molecular weight is 315 g/mol. The Bertz CT molecular complexity index is 669. The Kier molecular flexibility index (Phi) is 3.51. The van der Waals surface area contributed by atoms with E-state index < -0.39 is 0 Å². The van der Waals surface area contributed by atoms with Crippen LogP contribution < -0.4 is 14.8 Å². The standard InChI is InChI=1S/C18H21NO4/c1-10(20)14-7-16-17(23-9-22-16)8-15(14)19-18(21)6-13-5-11-2-3-12(13)4-11/h7-8,11-13H,2-6,9H2,1H3,(H,19,21)/t11-,12-,13+/m0/s1. The van der Waals surface area contributed by atoms with Gasteiger partial charge in [0.1, 0.15) is 0 Å². The number of ether oxygens (including phenoxy) is 2. The molecule has 1 aromatic rings. The van der Waals surface area contributed by atoms with Crippen molar-refractivity contribution in [3.63, 3.8) is 0 Å². The number of nitrogens with one attached hydrogen (secondary N) is 1. The maximum absolute atomic E-state index is 12.4. The summed E-state index contributed by atoms with van der Waals surface area (Å²) in [4.78, 5) is 24.3. The maximum Gasteiger partial charge on any atom is 0.231 e. The molecule has 0 spiro atoms. The highest BCUT2D eigenvalue weighted by molar-refractivity contribution is 6.04. The third-order valence-corrected chi connectivity index (χ3v) is 5.50. The van der Waals surface area contributed by atoms with Crippen molar-refractivity contribution in [3.05, 3.63) is 17.7 Å². The number of hydrogen-bond donors (Lipinski definition) is 1. The second kappa shape index (κ2) is 5.55. The fraction of sp³-hybridized carbons (Fsp3) is 0.556. The molecule has 0 saturated heterocycles. The Morgan fingerprint density at radius 2 is 1.96 bits per heavy atom. The summed E-state index contributed by atoms with van der Waals surface area (Å²) in [5, 5.41) is 2.91. The molecule has 122 valence electrons. The smallest absolute Gasteiger partial charge is 0.231 e. The molecule has 5 nitrogen and oxygen atoms in total. The Balaban J connectivity index is 1.49. The molecule has 2 aliphatic carbocycles. The number of hydrogen-bond acceptors (Lipinski definition) is 4. The number of rotatable bonds is 4. The van der Waals surface area contributed by atoms with Crippen molar-refractivity contribution in [1.29, 1.82) is 0 Å². The van der Waals surface area contributed by atoms with Crippen LogP contribution in [0.15, 0.2) is 12.1 Å². The molecule has 4 rings (SSSR count). The van der Waals surface area contributed by atoms with E-state index in [1.54, 1.807) is 12.1 Å². The van der Waals surface area contributed by atoms with E-state index in [-0.39, 0.29) is 18.5 Å². The molecule has 5 heteroatoms. The van der Waals surface area contributed by atoms with Gasteiger partial charge in [-0.1, -0.05) is 6.42 Å². The van der Waals surface area contributed by atoms with Crippen LogP contribution in [0.3, 0.4) is 0 Å². The van der Waals surface area contributed by atoms with Gasteiger partial charge in [-0.3, -0.25) is 9.59 Å². The number of anilines is 1. The van der Waals surface area contributed by atoms with E-state index in [9.17, 15) is 9.59 Å². The molecular weight excluding hydrogens is 294 g/mol. The summed E-state index contributed by atoms with van der Waals surface area (Å²) in [7, 11) is 0. The first-order valence-electron chi connectivity index (χ1n) is 8.34. The minimum Gasteiger partial charge on any atom is -0.454 e. The molecule has 0 unspecified atom stereocenters. The van der Waals surface area contributed by atoms with Gasteiger partial charge in [0.25, 0.3) is 0 Å². The SMILES string of the molecule is CC(=O)c1cc2c(cc1NC(=O)C[C@H]1C[C@H]3CC[C@H]1C3)OCO2. The summed E-state index contributed by atoms with van der Waals surface area (Å²) >= 11 is 0. The van der Waals surface area contributed by atoms with Crippen molar-refractivity contribution in [2.24, 2.45) is 17.8 Å². The molecule has 1 aliphatic heterocycles. The van der Waals surface area contributed by atoms with E-state index in [0.717, 1.165) is 11.8 Å². The minimum absolute atomic E-state index is 0.0103. The number of carbonyl (C=O) groups excluding carboxylic acids is 2. The van der Waals surface area contributed by atoms with E-state index in [4.69, 9.17) is 9.47 Å². The molecule has 1 N–H and O–H groups in total. The summed E-state index contributed by atoms with van der Waals surface area (Å²) in [6.07, 6.45) is 5.62. The second-order valence-corrected chi connectivity index (χ2v) is 6.99. The topological polar surface area (TPSA) is 64.6 Å². The van der Waals surface area contributed by atoms with Gasteiger partial charge < -0.3 is 14.8 Å². The van der Waals surface area contributed by atoms with Gasteiger partial charge in [-0.15, -0.1) is 0 Å². The lowest BCUT2D eigenvalue weighted by atomic mass is 9.86. The van der Waals surface area contributed by atoms with Gasteiger partial charge in [0, 0.05) is 18.1 Å². The molecule has 3 atom stereocenters. The van der Waals surface area contributed by atoms with E-state index in [1.165, 1.54) is 32.6 Å². The summed E-state index contributed by atoms with van der Waals surface area (Å²) in [6, 6.07) is 3.34. The number of Topliss-reactive ketones (excluding diaryl/α,β-unsaturated/α-hetero) is 1. The van der Waals surface area contributed by atoms with Crippen LogP contribution in [-0.4, -0.2) is 18.5 Å². The van der Waals surface area contributed by atoms with Crippen LogP contribution in [0.5, 0.6) is 11.5 Å². The number of amides is 1. The quantitative estimate of drug-likeness (QED) is 0.865. The predicted molar refractivity (Wildman–Crippen MR) is 84.8 cm³/mol. The zero-order valence-electron chi connectivity index (χ0n) is 13.3. The van der Waals surface area contributed by atoms with Crippen molar-refractivity contribution in [3.8, 4) is 11.5 Å². The molecule has 2 saturated carbocycles. The second-order valence-electron chi connectivity index (χ2n) is 6.99. The van der Waals surface area contributed by atoms with Crippen LogP contribution in [0.1, 0.15) is 49.4 Å². The van der Waals surface area contributed by atoms with Crippen LogP contribution >= 0.6 is 0 Å². The normalized spacial score (nSPS) is 27.3. The van der Waals surface area contributed by atoms with Gasteiger partial charge in [0.15, 0.2) is 17.3 Å². The van der Waals surface area contributed by atoms with Crippen LogP contribution in [-0.2, 0) is 4.79 Å². The van der Waals surface area contributed by atoms with Gasteiger partial charge in [-0.05, 0) is 50.0 Å². The zero-order valence-corrected chi connectivity index (χ0v) is 13.3. The number of benzene rings is 1. The number of carbonyl (C=O) groups is 2. The Morgan fingerprint density at radius 3 is 2.61 bits per heavy atom. The Labute approximate surface area is 135 Å². The first kappa shape index (κ1) is 14.5. The van der Waals surface area contributed by atoms with E-state index in [1.807, 2.05) is 0 Å². The largest absolute Gasteiger partial charge is 0.454 e. The summed E-state index contributed by atoms with van der Waals surface area (Å²) in [6.45, 7) is 1.64. The Hall–Kier alpha value is -2.04. The molecule has 1 amide bonds. The first-order chi connectivity index (χ1) is 11.1. The molecule has 1 heterocycles. The molecule has 2 fully saturated rings. The molecule has 2 bridgehead atoms. The third kappa shape index (κ3) is 2.69. The fourth-order valence-electron chi connectivity index (χ4n) is 4.40. The van der Waals surface area contributed by atoms with Gasteiger partial charge >= 0.3 is 0 Å². The molecular formula is C18H21NO4. The predicted octanol–water partition coefficient (Wildman–Crippen LogP) is 3.38. The van der Waals surface area contributed by atoms with E-state index in [0.29, 0.717) is 35.1 Å². The van der Waals surface area contributed by atoms with Gasteiger partial charge in [-0.25, -0.2) is 0 Å². The number of ketones is 1. The Morgan fingerprint density at radius 1 is 1.17 bits per heavy atom. The highest BCUT2D eigenvalue weighted by Crippen LogP contribution is 2.49. The van der Waals surface area contributed by atoms with E-state index in [2.05, 4.69) is 5.32 Å². The van der Waals surface area contributed by atoms with Crippen molar-refractivity contribution >= 4 is 17.4 Å². The number of fused-ring (bicyclic) bond motifs is 3. The lowest BCUT2D eigenvalue weighted by Gasteiger charge is -2.21. The van der Waals surface area contributed by atoms with Crippen molar-refractivity contribution in [1.82, 2.24) is 0 Å². The summed E-state index contributed by atoms with van der Waals surface area (Å²) < 4.78 is 10.6. The molecule has 23 heavy (non-hydrogen) atoms. The van der Waals surface area contributed by atoms with Crippen LogP contribution in [0.2, 0.25) is 0 Å². The lowest BCUT2D eigenvalue weighted by Crippen LogP contribution is -2.21. The third-order valence-electron chi connectivity index (χ3n) is 5.50. The van der Waals surface area contributed by atoms with Crippen molar-refractivity contribution in [2.75, 3.05) is 12.1 Å². The van der Waals surface area contributed by atoms with Crippen LogP contribution in [0.25, 0.3) is 0 Å². The highest BCUT2D eigenvalue weighted by Gasteiger charge is 2.40. The summed E-state index contributed by atoms with van der Waals surface area (Å²) in [5.41, 5.74) is 0.991. The van der Waals surface area contributed by atoms with Crippen molar-refractivity contribution < 1.29 is 19.1 Å². The van der Waals surface area contributed by atoms with Gasteiger partial charge in [0.2, 0.25) is 12.7 Å². The van der Waals surface area contributed by atoms with Gasteiger partial charge in [0.05, 0.1) is 5.69 Å². The summed E-state index contributed by atoms with van der Waals surface area (Å²) in [5.74, 6) is 3.07. The molecule has 0 aromatic heterocycles. The van der Waals surface area contributed by atoms with Gasteiger partial charge in [-0.2, -0.15) is 0 Å².